The molecular weight excluding hydrogens is 302 g/mol. The van der Waals surface area contributed by atoms with Crippen molar-refractivity contribution in [3.63, 3.8) is 0 Å². The average molecular weight is 327 g/mol. The number of hydrogen-bond acceptors (Lipinski definition) is 5. The Bertz CT molecular complexity index is 682. The Hall–Kier alpha value is -1.76. The van der Waals surface area contributed by atoms with Crippen LogP contribution in [0.2, 0.25) is 0 Å². The molecule has 1 saturated carbocycles. The molecule has 0 amide bonds. The van der Waals surface area contributed by atoms with E-state index in [1.165, 1.54) is 18.5 Å². The van der Waals surface area contributed by atoms with Crippen LogP contribution in [0.15, 0.2) is 30.3 Å². The van der Waals surface area contributed by atoms with Crippen molar-refractivity contribution in [1.82, 2.24) is 24.8 Å². The van der Waals surface area contributed by atoms with Crippen molar-refractivity contribution in [2.45, 2.75) is 38.0 Å². The van der Waals surface area contributed by atoms with Gasteiger partial charge in [0, 0.05) is 38.6 Å². The summed E-state index contributed by atoms with van der Waals surface area (Å²) in [5.41, 5.74) is 3.29. The zero-order valence-electron chi connectivity index (χ0n) is 14.2. The summed E-state index contributed by atoms with van der Waals surface area (Å²) in [6, 6.07) is 10.8. The molecule has 128 valence electrons. The topological polar surface area (TPSA) is 57.4 Å². The lowest BCUT2D eigenvalue weighted by Gasteiger charge is -2.29. The van der Waals surface area contributed by atoms with Crippen LogP contribution in [0.5, 0.6) is 0 Å². The van der Waals surface area contributed by atoms with Gasteiger partial charge in [-0.05, 0) is 32.0 Å². The second-order valence-corrected chi connectivity index (χ2v) is 7.04. The summed E-state index contributed by atoms with van der Waals surface area (Å²) in [4.78, 5) is 4.57. The van der Waals surface area contributed by atoms with Gasteiger partial charge in [-0.15, -0.1) is 5.10 Å². The molecule has 0 radical (unpaired) electrons. The van der Waals surface area contributed by atoms with Gasteiger partial charge in [-0.25, -0.2) is 4.68 Å². The van der Waals surface area contributed by atoms with Crippen LogP contribution in [0.25, 0.3) is 5.69 Å². The molecule has 2 aliphatic rings. The summed E-state index contributed by atoms with van der Waals surface area (Å²) in [6.45, 7) is 3.17. The van der Waals surface area contributed by atoms with Crippen molar-refractivity contribution in [2.75, 3.05) is 26.7 Å². The maximum absolute atomic E-state index is 10.4. The summed E-state index contributed by atoms with van der Waals surface area (Å²) >= 11 is 0. The second kappa shape index (κ2) is 6.63. The fraction of sp³-hybridized carbons (Fsp3) is 0.556. The van der Waals surface area contributed by atoms with Crippen molar-refractivity contribution in [3.8, 4) is 5.69 Å². The number of para-hydroxylation sites is 1. The van der Waals surface area contributed by atoms with E-state index < -0.39 is 0 Å². The molecule has 0 spiro atoms. The number of fused-ring (bicyclic) bond motifs is 1. The van der Waals surface area contributed by atoms with Gasteiger partial charge in [0.25, 0.3) is 0 Å². The number of rotatable bonds is 6. The molecule has 2 heterocycles. The summed E-state index contributed by atoms with van der Waals surface area (Å²) in [5, 5.41) is 19.1. The summed E-state index contributed by atoms with van der Waals surface area (Å²) in [7, 11) is 2.11. The first-order chi connectivity index (χ1) is 11.7. The highest BCUT2D eigenvalue weighted by Crippen LogP contribution is 2.25. The Morgan fingerprint density at radius 3 is 2.83 bits per heavy atom. The van der Waals surface area contributed by atoms with E-state index in [1.54, 1.807) is 0 Å². The van der Waals surface area contributed by atoms with E-state index >= 15 is 0 Å². The van der Waals surface area contributed by atoms with E-state index in [1.807, 2.05) is 22.9 Å². The van der Waals surface area contributed by atoms with Crippen LogP contribution < -0.4 is 0 Å². The fourth-order valence-electron chi connectivity index (χ4n) is 3.55. The van der Waals surface area contributed by atoms with Gasteiger partial charge in [-0.3, -0.25) is 4.90 Å². The number of benzene rings is 1. The molecule has 1 aromatic carbocycles. The van der Waals surface area contributed by atoms with Crippen molar-refractivity contribution >= 4 is 0 Å². The molecule has 1 atom stereocenters. The maximum Gasteiger partial charge on any atom is 0.100 e. The molecule has 1 aliphatic carbocycles. The molecule has 24 heavy (non-hydrogen) atoms. The number of aromatic nitrogens is 3. The monoisotopic (exact) mass is 327 g/mol. The smallest absolute Gasteiger partial charge is 0.100 e. The first-order valence-electron chi connectivity index (χ1n) is 8.80. The lowest BCUT2D eigenvalue weighted by molar-refractivity contribution is 0.0740. The number of aliphatic hydroxyl groups is 1. The minimum Gasteiger partial charge on any atom is -0.390 e. The molecule has 6 heteroatoms. The van der Waals surface area contributed by atoms with Gasteiger partial charge in [0.15, 0.2) is 0 Å². The van der Waals surface area contributed by atoms with Crippen LogP contribution in [0.4, 0.5) is 0 Å². The third-order valence-electron chi connectivity index (χ3n) is 5.02. The number of aliphatic hydroxyl groups excluding tert-OH is 1. The highest BCUT2D eigenvalue weighted by Gasteiger charge is 2.29. The SMILES string of the molecule is CN(CC(O)CN1CCc2c(nnn2-c2ccccc2)C1)C1CC1. The Labute approximate surface area is 142 Å². The first-order valence-corrected chi connectivity index (χ1v) is 8.80. The van der Waals surface area contributed by atoms with E-state index in [2.05, 4.69) is 39.3 Å². The number of hydrogen-bond donors (Lipinski definition) is 1. The first kappa shape index (κ1) is 15.7. The fourth-order valence-corrected chi connectivity index (χ4v) is 3.55. The predicted octanol–water partition coefficient (Wildman–Crippen LogP) is 1.08. The lowest BCUT2D eigenvalue weighted by Crippen LogP contribution is -2.41. The Kier molecular flexibility index (Phi) is 4.35. The van der Waals surface area contributed by atoms with Crippen LogP contribution in [0.1, 0.15) is 24.2 Å². The van der Waals surface area contributed by atoms with Gasteiger partial charge in [-0.2, -0.15) is 0 Å². The molecule has 1 aromatic heterocycles. The summed E-state index contributed by atoms with van der Waals surface area (Å²) < 4.78 is 1.95. The number of nitrogens with zero attached hydrogens (tertiary/aromatic N) is 5. The molecule has 1 N–H and O–H groups in total. The normalized spacial score (nSPS) is 19.5. The standard InChI is InChI=1S/C18H25N5O/c1-21(14-7-8-14)11-16(24)12-22-10-9-18-17(13-22)19-20-23(18)15-5-3-2-4-6-15/h2-6,14,16,24H,7-13H2,1H3. The van der Waals surface area contributed by atoms with Gasteiger partial charge >= 0.3 is 0 Å². The molecule has 0 saturated heterocycles. The van der Waals surface area contributed by atoms with Gasteiger partial charge in [0.2, 0.25) is 0 Å². The molecule has 2 aromatic rings. The van der Waals surface area contributed by atoms with Gasteiger partial charge < -0.3 is 10.0 Å². The average Bonchev–Trinajstić information content (AvgIpc) is 3.36. The molecule has 1 unspecified atom stereocenters. The van der Waals surface area contributed by atoms with E-state index in [4.69, 9.17) is 0 Å². The van der Waals surface area contributed by atoms with Gasteiger partial charge in [0.05, 0.1) is 17.5 Å². The molecule has 4 rings (SSSR count). The molecule has 0 bridgehead atoms. The summed E-state index contributed by atoms with van der Waals surface area (Å²) in [5.74, 6) is 0. The van der Waals surface area contributed by atoms with Crippen LogP contribution in [-0.4, -0.2) is 68.7 Å². The molecule has 1 aliphatic heterocycles. The van der Waals surface area contributed by atoms with Crippen LogP contribution >= 0.6 is 0 Å². The van der Waals surface area contributed by atoms with Crippen molar-refractivity contribution in [1.29, 1.82) is 0 Å². The molecular formula is C18H25N5O. The van der Waals surface area contributed by atoms with E-state index in [0.29, 0.717) is 12.6 Å². The number of likely N-dealkylation sites (N-methyl/N-ethyl adjacent to an activating group) is 1. The number of β-amino-alcohol motifs (C(OH)–C–C–N with tert-alkyl or cyclic N) is 1. The van der Waals surface area contributed by atoms with Crippen LogP contribution in [0, 0.1) is 0 Å². The quantitative estimate of drug-likeness (QED) is 0.860. The Morgan fingerprint density at radius 2 is 2.08 bits per heavy atom. The van der Waals surface area contributed by atoms with E-state index in [0.717, 1.165) is 37.4 Å². The van der Waals surface area contributed by atoms with Crippen molar-refractivity contribution in [2.24, 2.45) is 0 Å². The van der Waals surface area contributed by atoms with Gasteiger partial charge in [-0.1, -0.05) is 23.4 Å². The predicted molar refractivity (Wildman–Crippen MR) is 92.0 cm³/mol. The zero-order valence-corrected chi connectivity index (χ0v) is 14.2. The largest absolute Gasteiger partial charge is 0.390 e. The lowest BCUT2D eigenvalue weighted by atomic mass is 10.1. The van der Waals surface area contributed by atoms with Crippen LogP contribution in [0.3, 0.4) is 0 Å². The van der Waals surface area contributed by atoms with Crippen molar-refractivity contribution in [3.05, 3.63) is 41.7 Å². The Morgan fingerprint density at radius 1 is 1.29 bits per heavy atom. The molecule has 1 fully saturated rings. The van der Waals surface area contributed by atoms with Crippen LogP contribution in [-0.2, 0) is 13.0 Å². The Balaban J connectivity index is 1.39. The van der Waals surface area contributed by atoms with E-state index in [-0.39, 0.29) is 6.10 Å². The molecule has 6 nitrogen and oxygen atoms in total. The minimum absolute atomic E-state index is 0.304. The van der Waals surface area contributed by atoms with Gasteiger partial charge in [0.1, 0.15) is 5.69 Å². The third kappa shape index (κ3) is 3.36. The third-order valence-corrected chi connectivity index (χ3v) is 5.02. The zero-order chi connectivity index (χ0) is 16.5. The second-order valence-electron chi connectivity index (χ2n) is 7.04. The minimum atomic E-state index is -0.304. The summed E-state index contributed by atoms with van der Waals surface area (Å²) in [6.07, 6.45) is 3.17. The highest BCUT2D eigenvalue weighted by molar-refractivity contribution is 5.33. The van der Waals surface area contributed by atoms with E-state index in [9.17, 15) is 5.11 Å². The maximum atomic E-state index is 10.4. The van der Waals surface area contributed by atoms with Crippen molar-refractivity contribution < 1.29 is 5.11 Å². The highest BCUT2D eigenvalue weighted by atomic mass is 16.3.